The molecule has 0 radical (unpaired) electrons. The minimum Gasteiger partial charge on any atom is -0.307 e. The second-order valence-electron chi connectivity index (χ2n) is 3.63. The molecule has 0 unspecified atom stereocenters. The average molecular weight is 252 g/mol. The van der Waals surface area contributed by atoms with E-state index in [1.165, 1.54) is 0 Å². The van der Waals surface area contributed by atoms with E-state index in [1.807, 2.05) is 19.3 Å². The first-order valence-electron chi connectivity index (χ1n) is 5.06. The summed E-state index contributed by atoms with van der Waals surface area (Å²) in [6, 6.07) is 3.53. The van der Waals surface area contributed by atoms with Crippen molar-refractivity contribution in [3.8, 4) is 0 Å². The number of nitrogens with one attached hydrogen (secondary N) is 1. The molecule has 2 aromatic heterocycles. The van der Waals surface area contributed by atoms with E-state index in [0.29, 0.717) is 13.1 Å². The van der Waals surface area contributed by atoms with Gasteiger partial charge in [-0.05, 0) is 11.6 Å². The van der Waals surface area contributed by atoms with Crippen molar-refractivity contribution >= 4 is 16.3 Å². The standard InChI is InChI=1S/C10H12N4O2S/c1-13-3-2-9(12-13)6-11-5-8-4-10(14(15)16)17-7-8/h2-4,7,11H,5-6H2,1H3. The van der Waals surface area contributed by atoms with Crippen molar-refractivity contribution in [2.45, 2.75) is 13.1 Å². The topological polar surface area (TPSA) is 73.0 Å². The van der Waals surface area contributed by atoms with Crippen LogP contribution in [-0.2, 0) is 20.1 Å². The first-order valence-corrected chi connectivity index (χ1v) is 5.94. The van der Waals surface area contributed by atoms with Gasteiger partial charge in [0.15, 0.2) is 0 Å². The Balaban J connectivity index is 1.83. The van der Waals surface area contributed by atoms with Crippen LogP contribution in [0.3, 0.4) is 0 Å². The van der Waals surface area contributed by atoms with Crippen molar-refractivity contribution in [1.29, 1.82) is 0 Å². The number of hydrogen-bond donors (Lipinski definition) is 1. The molecule has 0 bridgehead atoms. The van der Waals surface area contributed by atoms with Gasteiger partial charge in [0.2, 0.25) is 0 Å². The molecule has 0 aliphatic carbocycles. The number of aryl methyl sites for hydroxylation is 1. The molecule has 0 saturated carbocycles. The number of hydrogen-bond acceptors (Lipinski definition) is 5. The fraction of sp³-hybridized carbons (Fsp3) is 0.300. The summed E-state index contributed by atoms with van der Waals surface area (Å²) in [5.74, 6) is 0. The number of nitro groups is 1. The van der Waals surface area contributed by atoms with Gasteiger partial charge in [0.1, 0.15) is 0 Å². The van der Waals surface area contributed by atoms with Crippen LogP contribution in [0, 0.1) is 10.1 Å². The van der Waals surface area contributed by atoms with Crippen molar-refractivity contribution in [3.05, 3.63) is 45.1 Å². The first-order chi connectivity index (χ1) is 8.15. The van der Waals surface area contributed by atoms with Crippen molar-refractivity contribution in [2.75, 3.05) is 0 Å². The predicted molar refractivity (Wildman–Crippen MR) is 64.7 cm³/mol. The van der Waals surface area contributed by atoms with Crippen LogP contribution in [0.5, 0.6) is 0 Å². The van der Waals surface area contributed by atoms with Crippen LogP contribution in [0.2, 0.25) is 0 Å². The molecular formula is C10H12N4O2S. The minimum atomic E-state index is -0.368. The lowest BCUT2D eigenvalue weighted by Crippen LogP contribution is -2.12. The third-order valence-corrected chi connectivity index (χ3v) is 3.15. The summed E-state index contributed by atoms with van der Waals surface area (Å²) in [6.07, 6.45) is 1.88. The van der Waals surface area contributed by atoms with Gasteiger partial charge in [-0.2, -0.15) is 5.10 Å². The molecule has 0 amide bonds. The van der Waals surface area contributed by atoms with Crippen LogP contribution >= 0.6 is 11.3 Å². The Morgan fingerprint density at radius 3 is 3.00 bits per heavy atom. The number of rotatable bonds is 5. The highest BCUT2D eigenvalue weighted by Gasteiger charge is 2.09. The van der Waals surface area contributed by atoms with Gasteiger partial charge in [0, 0.05) is 37.8 Å². The van der Waals surface area contributed by atoms with E-state index < -0.39 is 0 Å². The van der Waals surface area contributed by atoms with Gasteiger partial charge in [-0.1, -0.05) is 11.3 Å². The molecule has 0 saturated heterocycles. The van der Waals surface area contributed by atoms with E-state index in [4.69, 9.17) is 0 Å². The lowest BCUT2D eigenvalue weighted by molar-refractivity contribution is -0.380. The predicted octanol–water partition coefficient (Wildman–Crippen LogP) is 1.68. The normalized spacial score (nSPS) is 10.6. The van der Waals surface area contributed by atoms with E-state index in [1.54, 1.807) is 16.1 Å². The summed E-state index contributed by atoms with van der Waals surface area (Å²) in [5, 5.41) is 19.9. The van der Waals surface area contributed by atoms with E-state index >= 15 is 0 Å². The van der Waals surface area contributed by atoms with Crippen LogP contribution in [0.4, 0.5) is 5.00 Å². The Bertz CT molecular complexity index is 520. The summed E-state index contributed by atoms with van der Waals surface area (Å²) >= 11 is 1.15. The van der Waals surface area contributed by atoms with Crippen LogP contribution in [0.1, 0.15) is 11.3 Å². The Kier molecular flexibility index (Phi) is 3.50. The third kappa shape index (κ3) is 3.11. The highest BCUT2D eigenvalue weighted by molar-refractivity contribution is 7.13. The molecule has 0 aliphatic rings. The molecule has 2 rings (SSSR count). The maximum absolute atomic E-state index is 10.5. The summed E-state index contributed by atoms with van der Waals surface area (Å²) in [7, 11) is 1.87. The Hall–Kier alpha value is -1.73. The zero-order valence-corrected chi connectivity index (χ0v) is 10.1. The SMILES string of the molecule is Cn1ccc(CNCc2csc([N+](=O)[O-])c2)n1. The molecule has 90 valence electrons. The van der Waals surface area contributed by atoms with E-state index in [-0.39, 0.29) is 9.92 Å². The van der Waals surface area contributed by atoms with E-state index in [0.717, 1.165) is 22.6 Å². The van der Waals surface area contributed by atoms with Crippen molar-refractivity contribution in [2.24, 2.45) is 7.05 Å². The average Bonchev–Trinajstić information content (AvgIpc) is 2.88. The van der Waals surface area contributed by atoms with Gasteiger partial charge in [-0.3, -0.25) is 14.8 Å². The highest BCUT2D eigenvalue weighted by Crippen LogP contribution is 2.22. The summed E-state index contributed by atoms with van der Waals surface area (Å²) < 4.78 is 1.74. The summed E-state index contributed by atoms with van der Waals surface area (Å²) in [5.41, 5.74) is 1.88. The molecule has 0 fully saturated rings. The first kappa shape index (κ1) is 11.7. The molecule has 0 atom stereocenters. The van der Waals surface area contributed by atoms with E-state index in [2.05, 4.69) is 10.4 Å². The van der Waals surface area contributed by atoms with Gasteiger partial charge in [-0.25, -0.2) is 0 Å². The molecule has 1 N–H and O–H groups in total. The van der Waals surface area contributed by atoms with Crippen molar-refractivity contribution in [3.63, 3.8) is 0 Å². The monoisotopic (exact) mass is 252 g/mol. The summed E-state index contributed by atoms with van der Waals surface area (Å²) in [6.45, 7) is 1.27. The van der Waals surface area contributed by atoms with E-state index in [9.17, 15) is 10.1 Å². The number of thiophene rings is 1. The van der Waals surface area contributed by atoms with Crippen LogP contribution in [0.25, 0.3) is 0 Å². The van der Waals surface area contributed by atoms with Crippen molar-refractivity contribution in [1.82, 2.24) is 15.1 Å². The van der Waals surface area contributed by atoms with Crippen LogP contribution in [-0.4, -0.2) is 14.7 Å². The highest BCUT2D eigenvalue weighted by atomic mass is 32.1. The molecule has 7 heteroatoms. The smallest absolute Gasteiger partial charge is 0.307 e. The minimum absolute atomic E-state index is 0.180. The molecule has 0 aliphatic heterocycles. The maximum atomic E-state index is 10.5. The van der Waals surface area contributed by atoms with Crippen LogP contribution in [0.15, 0.2) is 23.7 Å². The molecule has 0 spiro atoms. The Labute approximate surface area is 102 Å². The Morgan fingerprint density at radius 2 is 2.41 bits per heavy atom. The molecule has 2 aromatic rings. The van der Waals surface area contributed by atoms with Gasteiger partial charge in [-0.15, -0.1) is 0 Å². The largest absolute Gasteiger partial charge is 0.324 e. The van der Waals surface area contributed by atoms with Gasteiger partial charge < -0.3 is 5.32 Å². The third-order valence-electron chi connectivity index (χ3n) is 2.22. The van der Waals surface area contributed by atoms with Gasteiger partial charge in [0.25, 0.3) is 0 Å². The Morgan fingerprint density at radius 1 is 1.59 bits per heavy atom. The fourth-order valence-electron chi connectivity index (χ4n) is 1.44. The zero-order chi connectivity index (χ0) is 12.3. The fourth-order valence-corrected chi connectivity index (χ4v) is 2.17. The van der Waals surface area contributed by atoms with Gasteiger partial charge in [0.05, 0.1) is 10.6 Å². The molecule has 17 heavy (non-hydrogen) atoms. The second-order valence-corrected chi connectivity index (χ2v) is 4.52. The quantitative estimate of drug-likeness (QED) is 0.649. The molecule has 6 nitrogen and oxygen atoms in total. The number of nitrogens with zero attached hydrogens (tertiary/aromatic N) is 3. The molecule has 0 aromatic carbocycles. The van der Waals surface area contributed by atoms with Gasteiger partial charge >= 0.3 is 5.00 Å². The zero-order valence-electron chi connectivity index (χ0n) is 9.29. The molecule has 2 heterocycles. The maximum Gasteiger partial charge on any atom is 0.324 e. The lowest BCUT2D eigenvalue weighted by Gasteiger charge is -1.99. The lowest BCUT2D eigenvalue weighted by atomic mass is 10.3. The second kappa shape index (κ2) is 5.07. The number of aromatic nitrogens is 2. The molecular weight excluding hydrogens is 240 g/mol. The van der Waals surface area contributed by atoms with Crippen molar-refractivity contribution < 1.29 is 4.92 Å². The summed E-state index contributed by atoms with van der Waals surface area (Å²) in [4.78, 5) is 10.1. The van der Waals surface area contributed by atoms with Crippen LogP contribution < -0.4 is 5.32 Å².